The zero-order chi connectivity index (χ0) is 16.3. The number of likely N-dealkylation sites (tertiary alicyclic amines) is 1. The summed E-state index contributed by atoms with van der Waals surface area (Å²) in [5.41, 5.74) is 1.60. The lowest BCUT2D eigenvalue weighted by Crippen LogP contribution is -2.52. The van der Waals surface area contributed by atoms with Gasteiger partial charge in [0.15, 0.2) is 0 Å². The predicted molar refractivity (Wildman–Crippen MR) is 87.8 cm³/mol. The zero-order valence-corrected chi connectivity index (χ0v) is 13.8. The van der Waals surface area contributed by atoms with E-state index in [9.17, 15) is 9.59 Å². The van der Waals surface area contributed by atoms with Crippen LogP contribution in [0.5, 0.6) is 0 Å². The fourth-order valence-electron chi connectivity index (χ4n) is 2.57. The maximum absolute atomic E-state index is 12.4. The highest BCUT2D eigenvalue weighted by Gasteiger charge is 2.35. The first-order chi connectivity index (χ1) is 10.3. The summed E-state index contributed by atoms with van der Waals surface area (Å²) in [5.74, 6) is -0.0796. The SMILES string of the molecule is Cc1ccc(NC(=O)N2CCC[C@H]2C(=O)NC(C)(C)C)cc1. The Morgan fingerprint density at radius 2 is 1.82 bits per heavy atom. The number of nitrogens with zero attached hydrogens (tertiary/aromatic N) is 1. The largest absolute Gasteiger partial charge is 0.350 e. The van der Waals surface area contributed by atoms with Crippen molar-refractivity contribution < 1.29 is 9.59 Å². The van der Waals surface area contributed by atoms with Crippen molar-refractivity contribution in [2.45, 2.75) is 52.1 Å². The van der Waals surface area contributed by atoms with Gasteiger partial charge in [0, 0.05) is 17.8 Å². The number of urea groups is 1. The van der Waals surface area contributed by atoms with Crippen LogP contribution < -0.4 is 10.6 Å². The Bertz CT molecular complexity index is 546. The van der Waals surface area contributed by atoms with Crippen LogP contribution in [0, 0.1) is 6.92 Å². The van der Waals surface area contributed by atoms with Crippen molar-refractivity contribution in [3.8, 4) is 0 Å². The van der Waals surface area contributed by atoms with E-state index in [4.69, 9.17) is 0 Å². The Morgan fingerprint density at radius 1 is 1.18 bits per heavy atom. The Labute approximate surface area is 132 Å². The van der Waals surface area contributed by atoms with Crippen LogP contribution in [0.1, 0.15) is 39.2 Å². The number of anilines is 1. The van der Waals surface area contributed by atoms with Gasteiger partial charge in [0.2, 0.25) is 5.91 Å². The van der Waals surface area contributed by atoms with Crippen LogP contribution in [-0.4, -0.2) is 35.0 Å². The lowest BCUT2D eigenvalue weighted by Gasteiger charge is -2.28. The van der Waals surface area contributed by atoms with Gasteiger partial charge in [0.05, 0.1) is 0 Å². The standard InChI is InChI=1S/C17H25N3O2/c1-12-7-9-13(10-8-12)18-16(22)20-11-5-6-14(20)15(21)19-17(2,3)4/h7-10,14H,5-6,11H2,1-4H3,(H,18,22)(H,19,21)/t14-/m0/s1. The van der Waals surface area contributed by atoms with Crippen LogP contribution in [0.25, 0.3) is 0 Å². The first-order valence-corrected chi connectivity index (χ1v) is 7.72. The molecule has 0 aromatic heterocycles. The Hall–Kier alpha value is -2.04. The number of carbonyl (C=O) groups is 2. The maximum Gasteiger partial charge on any atom is 0.322 e. The lowest BCUT2D eigenvalue weighted by molar-refractivity contribution is -0.126. The molecule has 1 aliphatic heterocycles. The van der Waals surface area contributed by atoms with Gasteiger partial charge in [-0.2, -0.15) is 0 Å². The summed E-state index contributed by atoms with van der Waals surface area (Å²) in [5, 5.41) is 5.82. The number of nitrogens with one attached hydrogen (secondary N) is 2. The topological polar surface area (TPSA) is 61.4 Å². The molecule has 0 saturated carbocycles. The molecule has 5 heteroatoms. The maximum atomic E-state index is 12.4. The second-order valence-corrected chi connectivity index (χ2v) is 6.89. The summed E-state index contributed by atoms with van der Waals surface area (Å²) >= 11 is 0. The molecule has 1 atom stereocenters. The van der Waals surface area contributed by atoms with E-state index in [0.29, 0.717) is 13.0 Å². The van der Waals surface area contributed by atoms with Crippen LogP contribution in [0.15, 0.2) is 24.3 Å². The molecule has 1 fully saturated rings. The number of benzene rings is 1. The van der Waals surface area contributed by atoms with Gasteiger partial charge in [0.1, 0.15) is 6.04 Å². The third kappa shape index (κ3) is 4.23. The van der Waals surface area contributed by atoms with E-state index in [1.54, 1.807) is 4.90 Å². The third-order valence-corrected chi connectivity index (χ3v) is 3.62. The summed E-state index contributed by atoms with van der Waals surface area (Å²) in [6, 6.07) is 7.04. The van der Waals surface area contributed by atoms with Gasteiger partial charge in [-0.1, -0.05) is 17.7 Å². The van der Waals surface area contributed by atoms with Crippen molar-refractivity contribution in [2.24, 2.45) is 0 Å². The number of hydrogen-bond acceptors (Lipinski definition) is 2. The number of rotatable bonds is 2. The smallest absolute Gasteiger partial charge is 0.322 e. The molecule has 1 saturated heterocycles. The van der Waals surface area contributed by atoms with Crippen molar-refractivity contribution in [3.63, 3.8) is 0 Å². The van der Waals surface area contributed by atoms with E-state index in [1.165, 1.54) is 0 Å². The molecule has 3 amide bonds. The molecular weight excluding hydrogens is 278 g/mol. The van der Waals surface area contributed by atoms with Crippen molar-refractivity contribution in [1.82, 2.24) is 10.2 Å². The van der Waals surface area contributed by atoms with Crippen LogP contribution >= 0.6 is 0 Å². The molecule has 0 spiro atoms. The molecular formula is C17H25N3O2. The first kappa shape index (κ1) is 16.3. The minimum absolute atomic E-state index is 0.0796. The third-order valence-electron chi connectivity index (χ3n) is 3.62. The number of hydrogen-bond donors (Lipinski definition) is 2. The average molecular weight is 303 g/mol. The second kappa shape index (κ2) is 6.38. The van der Waals surface area contributed by atoms with Crippen LogP contribution in [0.3, 0.4) is 0 Å². The fraction of sp³-hybridized carbons (Fsp3) is 0.529. The Morgan fingerprint density at radius 3 is 2.41 bits per heavy atom. The van der Waals surface area contributed by atoms with E-state index in [-0.39, 0.29) is 23.5 Å². The van der Waals surface area contributed by atoms with Gasteiger partial charge < -0.3 is 15.5 Å². The number of aryl methyl sites for hydroxylation is 1. The highest BCUT2D eigenvalue weighted by Crippen LogP contribution is 2.20. The molecule has 0 bridgehead atoms. The van der Waals surface area contributed by atoms with E-state index in [1.807, 2.05) is 52.0 Å². The molecule has 1 aromatic carbocycles. The summed E-state index contributed by atoms with van der Waals surface area (Å²) in [4.78, 5) is 26.4. The van der Waals surface area contributed by atoms with Crippen molar-refractivity contribution in [3.05, 3.63) is 29.8 Å². The van der Waals surface area contributed by atoms with Crippen LogP contribution in [0.4, 0.5) is 10.5 Å². The van der Waals surface area contributed by atoms with Gasteiger partial charge >= 0.3 is 6.03 Å². The molecule has 1 aromatic rings. The predicted octanol–water partition coefficient (Wildman–Crippen LogP) is 2.91. The molecule has 0 unspecified atom stereocenters. The number of carbonyl (C=O) groups excluding carboxylic acids is 2. The van der Waals surface area contributed by atoms with Gasteiger partial charge in [-0.25, -0.2) is 4.79 Å². The van der Waals surface area contributed by atoms with Crippen molar-refractivity contribution in [1.29, 1.82) is 0 Å². The van der Waals surface area contributed by atoms with Crippen molar-refractivity contribution in [2.75, 3.05) is 11.9 Å². The second-order valence-electron chi connectivity index (χ2n) is 6.89. The Kier molecular flexibility index (Phi) is 4.74. The van der Waals surface area contributed by atoms with Crippen LogP contribution in [0.2, 0.25) is 0 Å². The minimum Gasteiger partial charge on any atom is -0.350 e. The molecule has 1 aliphatic rings. The summed E-state index contributed by atoms with van der Waals surface area (Å²) in [6.07, 6.45) is 1.56. The monoisotopic (exact) mass is 303 g/mol. The lowest BCUT2D eigenvalue weighted by atomic mass is 10.1. The van der Waals surface area contributed by atoms with Gasteiger partial charge in [-0.15, -0.1) is 0 Å². The molecule has 5 nitrogen and oxygen atoms in total. The quantitative estimate of drug-likeness (QED) is 0.882. The van der Waals surface area contributed by atoms with E-state index in [0.717, 1.165) is 17.7 Å². The molecule has 2 rings (SSSR count). The van der Waals surface area contributed by atoms with Gasteiger partial charge in [0.25, 0.3) is 0 Å². The zero-order valence-electron chi connectivity index (χ0n) is 13.8. The first-order valence-electron chi connectivity index (χ1n) is 7.72. The average Bonchev–Trinajstić information content (AvgIpc) is 2.89. The highest BCUT2D eigenvalue weighted by molar-refractivity contribution is 5.94. The van der Waals surface area contributed by atoms with Crippen molar-refractivity contribution >= 4 is 17.6 Å². The fourth-order valence-corrected chi connectivity index (χ4v) is 2.57. The molecule has 0 aliphatic carbocycles. The summed E-state index contributed by atoms with van der Waals surface area (Å²) < 4.78 is 0. The molecule has 2 N–H and O–H groups in total. The molecule has 1 heterocycles. The summed E-state index contributed by atoms with van der Waals surface area (Å²) in [7, 11) is 0. The summed E-state index contributed by atoms with van der Waals surface area (Å²) in [6.45, 7) is 8.43. The van der Waals surface area contributed by atoms with E-state index >= 15 is 0 Å². The van der Waals surface area contributed by atoms with Gasteiger partial charge in [-0.05, 0) is 52.7 Å². The van der Waals surface area contributed by atoms with E-state index < -0.39 is 0 Å². The Balaban J connectivity index is 2.01. The molecule has 0 radical (unpaired) electrons. The molecule has 22 heavy (non-hydrogen) atoms. The van der Waals surface area contributed by atoms with Crippen LogP contribution in [-0.2, 0) is 4.79 Å². The highest BCUT2D eigenvalue weighted by atomic mass is 16.2. The van der Waals surface area contributed by atoms with Gasteiger partial charge in [-0.3, -0.25) is 4.79 Å². The molecule has 120 valence electrons. The normalized spacial score (nSPS) is 18.2. The number of amides is 3. The minimum atomic E-state index is -0.385. The van der Waals surface area contributed by atoms with E-state index in [2.05, 4.69) is 10.6 Å².